The van der Waals surface area contributed by atoms with Gasteiger partial charge in [0.25, 0.3) is 0 Å². The molecule has 3 unspecified atom stereocenters. The summed E-state index contributed by atoms with van der Waals surface area (Å²) in [7, 11) is 3.97. The fourth-order valence-electron chi connectivity index (χ4n) is 6.71. The summed E-state index contributed by atoms with van der Waals surface area (Å²) in [4.78, 5) is 14.0. The number of aromatic nitrogens is 6. The molecule has 0 saturated carbocycles. The molecule has 0 aliphatic carbocycles. The summed E-state index contributed by atoms with van der Waals surface area (Å²) < 4.78 is 6.06. The number of aryl methyl sites for hydroxylation is 4. The largest absolute Gasteiger partial charge is 0.367 e. The van der Waals surface area contributed by atoms with E-state index in [1.807, 2.05) is 95.8 Å². The van der Waals surface area contributed by atoms with E-state index in [-0.39, 0.29) is 10.5 Å². The van der Waals surface area contributed by atoms with Gasteiger partial charge in [-0.1, -0.05) is 56.1 Å². The normalized spacial score (nSPS) is 18.2. The highest BCUT2D eigenvalue weighted by Crippen LogP contribution is 2.49. The summed E-state index contributed by atoms with van der Waals surface area (Å²) in [6.45, 7) is 8.65. The van der Waals surface area contributed by atoms with Crippen LogP contribution in [0.5, 0.6) is 0 Å². The van der Waals surface area contributed by atoms with Crippen molar-refractivity contribution >= 4 is 72.7 Å². The quantitative estimate of drug-likeness (QED) is 0.189. The Balaban J connectivity index is 0.000000162. The SMILES string of the molecule is CC1=Nc2c(c(-c3ccccn3)nn2C)C(c2ccc(Br)cc2C)SC1.Cc1cc(Br)ccc1C1SCC(C)Nc2c1c(-c1ccccn1)nn2C. The summed E-state index contributed by atoms with van der Waals surface area (Å²) in [5, 5.41) is 13.7. The average molecular weight is 857 g/mol. The van der Waals surface area contributed by atoms with E-state index in [2.05, 4.69) is 111 Å². The van der Waals surface area contributed by atoms with Crippen molar-refractivity contribution in [3.8, 4) is 22.8 Å². The van der Waals surface area contributed by atoms with Crippen molar-refractivity contribution in [3.05, 3.63) is 128 Å². The Hall–Kier alpha value is -3.71. The summed E-state index contributed by atoms with van der Waals surface area (Å²) in [5.74, 6) is 3.96. The zero-order chi connectivity index (χ0) is 36.5. The predicted octanol–water partition coefficient (Wildman–Crippen LogP) is 10.7. The van der Waals surface area contributed by atoms with Gasteiger partial charge in [-0.15, -0.1) is 23.5 Å². The lowest BCUT2D eigenvalue weighted by molar-refractivity contribution is 0.757. The number of fused-ring (bicyclic) bond motifs is 2. The second-order valence-corrected chi connectivity index (χ2v) is 17.2. The Morgan fingerprint density at radius 1 is 0.712 bits per heavy atom. The third-order valence-electron chi connectivity index (χ3n) is 9.16. The van der Waals surface area contributed by atoms with E-state index in [1.165, 1.54) is 27.8 Å². The highest BCUT2D eigenvalue weighted by molar-refractivity contribution is 9.10. The number of aliphatic imine (C=N–C) groups is 1. The lowest BCUT2D eigenvalue weighted by atomic mass is 9.98. The number of pyridine rings is 2. The van der Waals surface area contributed by atoms with Crippen LogP contribution in [-0.2, 0) is 14.1 Å². The molecule has 266 valence electrons. The lowest BCUT2D eigenvalue weighted by Gasteiger charge is -2.19. The summed E-state index contributed by atoms with van der Waals surface area (Å²) in [5.41, 5.74) is 12.4. The zero-order valence-electron chi connectivity index (χ0n) is 29.9. The minimum atomic E-state index is 0.171. The van der Waals surface area contributed by atoms with Crippen molar-refractivity contribution in [2.75, 3.05) is 16.8 Å². The predicted molar refractivity (Wildman–Crippen MR) is 225 cm³/mol. The topological polar surface area (TPSA) is 85.8 Å². The van der Waals surface area contributed by atoms with Crippen molar-refractivity contribution < 1.29 is 0 Å². The Kier molecular flexibility index (Phi) is 11.1. The van der Waals surface area contributed by atoms with Crippen LogP contribution in [0.15, 0.2) is 99.1 Å². The zero-order valence-corrected chi connectivity index (χ0v) is 34.7. The lowest BCUT2D eigenvalue weighted by Crippen LogP contribution is -2.18. The smallest absolute Gasteiger partial charge is 0.155 e. The molecule has 0 bridgehead atoms. The van der Waals surface area contributed by atoms with Crippen LogP contribution in [0.1, 0.15) is 57.7 Å². The highest BCUT2D eigenvalue weighted by atomic mass is 79.9. The van der Waals surface area contributed by atoms with Crippen molar-refractivity contribution in [2.45, 2.75) is 44.2 Å². The third kappa shape index (κ3) is 7.53. The van der Waals surface area contributed by atoms with Gasteiger partial charge in [-0.05, 0) is 98.5 Å². The molecule has 0 amide bonds. The van der Waals surface area contributed by atoms with Crippen LogP contribution in [0.25, 0.3) is 22.8 Å². The maximum atomic E-state index is 4.87. The fourth-order valence-corrected chi connectivity index (χ4v) is 10.4. The number of thioether (sulfide) groups is 2. The molecule has 3 atom stereocenters. The molecule has 6 aromatic rings. The van der Waals surface area contributed by atoms with E-state index < -0.39 is 0 Å². The van der Waals surface area contributed by atoms with E-state index in [4.69, 9.17) is 15.2 Å². The first-order valence-corrected chi connectivity index (χ1v) is 20.8. The number of rotatable bonds is 4. The molecule has 6 heterocycles. The van der Waals surface area contributed by atoms with Gasteiger partial charge in [-0.2, -0.15) is 10.2 Å². The van der Waals surface area contributed by atoms with Crippen LogP contribution < -0.4 is 5.32 Å². The Morgan fingerprint density at radius 3 is 1.83 bits per heavy atom. The number of halogens is 2. The van der Waals surface area contributed by atoms with Gasteiger partial charge in [-0.25, -0.2) is 4.99 Å². The number of benzene rings is 2. The summed E-state index contributed by atoms with van der Waals surface area (Å²) in [6, 6.07) is 25.3. The van der Waals surface area contributed by atoms with Crippen LogP contribution in [0.2, 0.25) is 0 Å². The first kappa shape index (κ1) is 36.6. The Morgan fingerprint density at radius 2 is 1.27 bits per heavy atom. The molecule has 2 aromatic carbocycles. The van der Waals surface area contributed by atoms with E-state index >= 15 is 0 Å². The minimum Gasteiger partial charge on any atom is -0.367 e. The minimum absolute atomic E-state index is 0.171. The van der Waals surface area contributed by atoms with Gasteiger partial charge in [0.1, 0.15) is 17.2 Å². The highest BCUT2D eigenvalue weighted by Gasteiger charge is 2.33. The van der Waals surface area contributed by atoms with Crippen LogP contribution >= 0.6 is 55.4 Å². The molecule has 0 fully saturated rings. The van der Waals surface area contributed by atoms with Crippen molar-refractivity contribution in [1.82, 2.24) is 29.5 Å². The Labute approximate surface area is 330 Å². The van der Waals surface area contributed by atoms with E-state index in [0.29, 0.717) is 6.04 Å². The van der Waals surface area contributed by atoms with Gasteiger partial charge < -0.3 is 5.32 Å². The monoisotopic (exact) mass is 854 g/mol. The molecule has 0 saturated heterocycles. The van der Waals surface area contributed by atoms with Gasteiger partial charge in [-0.3, -0.25) is 19.3 Å². The van der Waals surface area contributed by atoms with Crippen molar-refractivity contribution in [3.63, 3.8) is 0 Å². The van der Waals surface area contributed by atoms with E-state index in [9.17, 15) is 0 Å². The van der Waals surface area contributed by atoms with Gasteiger partial charge in [0, 0.05) is 69.8 Å². The van der Waals surface area contributed by atoms with Gasteiger partial charge in [0.2, 0.25) is 0 Å². The van der Waals surface area contributed by atoms with Gasteiger partial charge in [0.15, 0.2) is 5.82 Å². The van der Waals surface area contributed by atoms with Crippen LogP contribution in [0.4, 0.5) is 11.6 Å². The molecule has 52 heavy (non-hydrogen) atoms. The molecule has 0 spiro atoms. The van der Waals surface area contributed by atoms with Crippen LogP contribution in [0.3, 0.4) is 0 Å². The van der Waals surface area contributed by atoms with Gasteiger partial charge >= 0.3 is 0 Å². The number of nitrogens with one attached hydrogen (secondary N) is 1. The molecule has 12 heteroatoms. The molecular formula is C40H40Br2N8S2. The molecule has 0 radical (unpaired) electrons. The average Bonchev–Trinajstić information content (AvgIpc) is 3.47. The number of hydrogen-bond acceptors (Lipinski definition) is 8. The van der Waals surface area contributed by atoms with Crippen LogP contribution in [-0.4, -0.2) is 52.8 Å². The molecule has 2 aliphatic heterocycles. The number of hydrogen-bond donors (Lipinski definition) is 1. The molecule has 1 N–H and O–H groups in total. The fraction of sp³-hybridized carbons (Fsp3) is 0.275. The number of anilines is 1. The maximum Gasteiger partial charge on any atom is 0.155 e. The summed E-state index contributed by atoms with van der Waals surface area (Å²) >= 11 is 11.0. The second kappa shape index (κ2) is 15.7. The van der Waals surface area contributed by atoms with E-state index in [1.54, 1.807) is 0 Å². The molecule has 2 aliphatic rings. The first-order valence-electron chi connectivity index (χ1n) is 17.1. The first-order chi connectivity index (χ1) is 25.1. The molecule has 8 nitrogen and oxygen atoms in total. The summed E-state index contributed by atoms with van der Waals surface area (Å²) in [6.07, 6.45) is 3.64. The van der Waals surface area contributed by atoms with Crippen molar-refractivity contribution in [1.29, 1.82) is 0 Å². The van der Waals surface area contributed by atoms with Gasteiger partial charge in [0.05, 0.1) is 21.9 Å². The number of nitrogens with zero attached hydrogens (tertiary/aromatic N) is 7. The maximum absolute atomic E-state index is 4.87. The Bertz CT molecular complexity index is 2200. The molecule has 8 rings (SSSR count). The third-order valence-corrected chi connectivity index (χ3v) is 13.1. The second-order valence-electron chi connectivity index (χ2n) is 13.2. The molecular weight excluding hydrogens is 816 g/mol. The van der Waals surface area contributed by atoms with Crippen molar-refractivity contribution in [2.24, 2.45) is 19.1 Å². The standard InChI is InChI=1S/C20H21BrN4S.C20H19BrN4S/c2*1-12-10-14(21)7-8-15(12)19-17-18(16-6-4-5-9-22-16)24-25(3)20(17)23-13(2)11-26-19/h4-10,13,19,23H,11H2,1-3H3;4-10,19H,11H2,1-3H3. The molecule has 4 aromatic heterocycles. The van der Waals surface area contributed by atoms with Crippen LogP contribution in [0, 0.1) is 13.8 Å². The van der Waals surface area contributed by atoms with E-state index in [0.717, 1.165) is 66.1 Å².